The molecule has 0 radical (unpaired) electrons. The number of terminal acetylenes is 1. The smallest absolute Gasteiger partial charge is 0.242 e. The van der Waals surface area contributed by atoms with Gasteiger partial charge in [0.2, 0.25) is 17.8 Å². The van der Waals surface area contributed by atoms with E-state index in [1.54, 1.807) is 35.6 Å². The zero-order chi connectivity index (χ0) is 22.2. The summed E-state index contributed by atoms with van der Waals surface area (Å²) >= 11 is 0. The monoisotopic (exact) mass is 411 g/mol. The average Bonchev–Trinajstić information content (AvgIpc) is 3.23. The van der Waals surface area contributed by atoms with Gasteiger partial charge in [0.15, 0.2) is 6.19 Å². The lowest BCUT2D eigenvalue weighted by molar-refractivity contribution is -0.139. The van der Waals surface area contributed by atoms with Crippen molar-refractivity contribution in [2.45, 2.75) is 38.5 Å². The number of aromatic nitrogens is 1. The molecular weight excluding hydrogens is 382 g/mol. The van der Waals surface area contributed by atoms with Crippen LogP contribution in [0.2, 0.25) is 0 Å². The number of aliphatic imine (C=N–C) groups is 1. The minimum Gasteiger partial charge on any atom is -0.369 e. The highest BCUT2D eigenvalue weighted by Crippen LogP contribution is 2.13. The van der Waals surface area contributed by atoms with Crippen LogP contribution in [0.5, 0.6) is 0 Å². The molecule has 0 saturated carbocycles. The molecule has 1 aromatic heterocycles. The van der Waals surface area contributed by atoms with Gasteiger partial charge in [0.1, 0.15) is 0 Å². The highest BCUT2D eigenvalue weighted by atomic mass is 16.2. The molecule has 0 atom stereocenters. The van der Waals surface area contributed by atoms with Crippen LogP contribution in [0.15, 0.2) is 29.5 Å². The average molecular weight is 412 g/mol. The number of likely N-dealkylation sites (tertiary alicyclic amines) is 2. The fraction of sp³-hybridized carbons (Fsp3) is 0.476. The Bertz CT molecular complexity index is 750. The summed E-state index contributed by atoms with van der Waals surface area (Å²) in [5, 5.41) is 10.4. The van der Waals surface area contributed by atoms with Crippen molar-refractivity contribution in [1.29, 1.82) is 5.26 Å². The Labute approximate surface area is 178 Å². The topological polar surface area (TPSA) is 128 Å². The van der Waals surface area contributed by atoms with Crippen molar-refractivity contribution in [3.05, 3.63) is 24.5 Å². The largest absolute Gasteiger partial charge is 0.369 e. The maximum atomic E-state index is 11.9. The van der Waals surface area contributed by atoms with Crippen LogP contribution in [0, 0.1) is 24.3 Å². The Morgan fingerprint density at radius 3 is 2.43 bits per heavy atom. The summed E-state index contributed by atoms with van der Waals surface area (Å²) in [6.45, 7) is 2.82. The summed E-state index contributed by atoms with van der Waals surface area (Å²) in [7, 11) is 0. The van der Waals surface area contributed by atoms with E-state index in [1.165, 1.54) is 0 Å². The van der Waals surface area contributed by atoms with Crippen LogP contribution in [-0.4, -0.2) is 58.7 Å². The number of hydrogen-bond acceptors (Lipinski definition) is 5. The van der Waals surface area contributed by atoms with Gasteiger partial charge in [0, 0.05) is 38.4 Å². The number of nitriles is 1. The van der Waals surface area contributed by atoms with Crippen LogP contribution >= 0.6 is 0 Å². The highest BCUT2D eigenvalue weighted by molar-refractivity contribution is 5.85. The van der Waals surface area contributed by atoms with Crippen LogP contribution in [0.25, 0.3) is 0 Å². The molecule has 9 heteroatoms. The molecule has 160 valence electrons. The molecule has 0 aliphatic carbocycles. The van der Waals surface area contributed by atoms with E-state index in [-0.39, 0.29) is 17.8 Å². The minimum atomic E-state index is 0.0729. The molecule has 30 heavy (non-hydrogen) atoms. The molecule has 3 heterocycles. The number of carbonyl (C=O) groups is 2. The summed E-state index contributed by atoms with van der Waals surface area (Å²) in [5.74, 6) is 0.362. The molecule has 3 N–H and O–H groups in total. The van der Waals surface area contributed by atoms with Crippen molar-refractivity contribution in [3.63, 3.8) is 0 Å². The van der Waals surface area contributed by atoms with Crippen LogP contribution in [0.1, 0.15) is 38.5 Å². The first-order valence-electron chi connectivity index (χ1n) is 9.88. The third-order valence-electron chi connectivity index (χ3n) is 4.55. The van der Waals surface area contributed by atoms with Gasteiger partial charge in [-0.1, -0.05) is 6.42 Å². The molecule has 3 rings (SSSR count). The third-order valence-corrected chi connectivity index (χ3v) is 4.55. The second-order valence-electron chi connectivity index (χ2n) is 6.65. The first kappa shape index (κ1) is 24.4. The molecule has 2 aliphatic rings. The normalized spacial score (nSPS) is 16.2. The standard InChI is InChI=1S/C12H20N2O2.C7H7N5.C2H2/c15-11-6-2-1-3-9-14(11)10-12(16)13-7-4-5-8-13;8-5-11-7(9)12-6-1-3-10-4-2-6;1-2/h1-10H2;1-4H,(H3,9,10,11,12);1-2H. The summed E-state index contributed by atoms with van der Waals surface area (Å²) < 4.78 is 0. The van der Waals surface area contributed by atoms with Crippen molar-refractivity contribution in [1.82, 2.24) is 20.1 Å². The second kappa shape index (κ2) is 14.4. The van der Waals surface area contributed by atoms with Crippen LogP contribution in [-0.2, 0) is 9.59 Å². The number of rotatable bonds is 3. The Morgan fingerprint density at radius 1 is 1.17 bits per heavy atom. The SMILES string of the molecule is C#C.N#CNC(N)=Nc1ccncc1.O=C(CN1CCCCCC1=O)N1CCCC1. The Hall–Kier alpha value is -3.59. The van der Waals surface area contributed by atoms with E-state index in [0.717, 1.165) is 51.7 Å². The predicted molar refractivity (Wildman–Crippen MR) is 115 cm³/mol. The number of nitrogens with two attached hydrogens (primary N) is 1. The third kappa shape index (κ3) is 9.07. The number of hydrogen-bond donors (Lipinski definition) is 2. The van der Waals surface area contributed by atoms with Gasteiger partial charge in [-0.15, -0.1) is 12.8 Å². The van der Waals surface area contributed by atoms with Crippen molar-refractivity contribution in [2.75, 3.05) is 26.2 Å². The van der Waals surface area contributed by atoms with Gasteiger partial charge in [-0.2, -0.15) is 5.26 Å². The number of nitrogens with one attached hydrogen (secondary N) is 1. The first-order valence-corrected chi connectivity index (χ1v) is 9.88. The summed E-state index contributed by atoms with van der Waals surface area (Å²) in [6, 6.07) is 3.37. The zero-order valence-corrected chi connectivity index (χ0v) is 17.2. The van der Waals surface area contributed by atoms with Gasteiger partial charge in [-0.05, 0) is 37.8 Å². The van der Waals surface area contributed by atoms with E-state index in [2.05, 4.69) is 28.1 Å². The van der Waals surface area contributed by atoms with E-state index in [4.69, 9.17) is 11.0 Å². The molecular formula is C21H29N7O2. The van der Waals surface area contributed by atoms with Crippen LogP contribution in [0.3, 0.4) is 0 Å². The number of guanidine groups is 1. The zero-order valence-electron chi connectivity index (χ0n) is 17.2. The quantitative estimate of drug-likeness (QED) is 0.254. The molecule has 9 nitrogen and oxygen atoms in total. The number of pyridine rings is 1. The highest BCUT2D eigenvalue weighted by Gasteiger charge is 2.23. The summed E-state index contributed by atoms with van der Waals surface area (Å²) in [5.41, 5.74) is 5.97. The van der Waals surface area contributed by atoms with E-state index < -0.39 is 0 Å². The molecule has 0 aromatic carbocycles. The predicted octanol–water partition coefficient (Wildman–Crippen LogP) is 1.36. The summed E-state index contributed by atoms with van der Waals surface area (Å²) in [4.78, 5) is 34.9. The molecule has 0 bridgehead atoms. The van der Waals surface area contributed by atoms with Gasteiger partial charge in [-0.25, -0.2) is 4.99 Å². The maximum absolute atomic E-state index is 11.9. The minimum absolute atomic E-state index is 0.0729. The fourth-order valence-corrected chi connectivity index (χ4v) is 3.08. The second-order valence-corrected chi connectivity index (χ2v) is 6.65. The van der Waals surface area contributed by atoms with Crippen LogP contribution in [0.4, 0.5) is 5.69 Å². The lowest BCUT2D eigenvalue weighted by atomic mass is 10.2. The lowest BCUT2D eigenvalue weighted by Gasteiger charge is -2.23. The van der Waals surface area contributed by atoms with E-state index in [1.807, 2.05) is 4.90 Å². The summed E-state index contributed by atoms with van der Waals surface area (Å²) in [6.07, 6.45) is 18.8. The number of carbonyl (C=O) groups excluding carboxylic acids is 2. The van der Waals surface area contributed by atoms with Crippen molar-refractivity contribution in [3.8, 4) is 19.0 Å². The van der Waals surface area contributed by atoms with Crippen molar-refractivity contribution < 1.29 is 9.59 Å². The van der Waals surface area contributed by atoms with Crippen molar-refractivity contribution >= 4 is 23.5 Å². The fourth-order valence-electron chi connectivity index (χ4n) is 3.08. The lowest BCUT2D eigenvalue weighted by Crippen LogP contribution is -2.41. The molecule has 2 saturated heterocycles. The maximum Gasteiger partial charge on any atom is 0.242 e. The van der Waals surface area contributed by atoms with E-state index in [0.29, 0.717) is 18.7 Å². The number of amides is 2. The van der Waals surface area contributed by atoms with Gasteiger partial charge < -0.3 is 15.5 Å². The van der Waals surface area contributed by atoms with Crippen LogP contribution < -0.4 is 11.1 Å². The molecule has 0 spiro atoms. The molecule has 1 aromatic rings. The van der Waals surface area contributed by atoms with E-state index >= 15 is 0 Å². The van der Waals surface area contributed by atoms with Gasteiger partial charge in [0.25, 0.3) is 0 Å². The molecule has 2 aliphatic heterocycles. The number of nitrogens with zero attached hydrogens (tertiary/aromatic N) is 5. The Balaban J connectivity index is 0.000000287. The Kier molecular flexibility index (Phi) is 11.7. The van der Waals surface area contributed by atoms with E-state index in [9.17, 15) is 9.59 Å². The molecule has 2 amide bonds. The van der Waals surface area contributed by atoms with Gasteiger partial charge in [-0.3, -0.25) is 19.9 Å². The van der Waals surface area contributed by atoms with Gasteiger partial charge >= 0.3 is 0 Å². The molecule has 2 fully saturated rings. The molecule has 0 unspecified atom stereocenters. The Morgan fingerprint density at radius 2 is 1.80 bits per heavy atom. The first-order chi connectivity index (χ1) is 14.6. The van der Waals surface area contributed by atoms with Gasteiger partial charge in [0.05, 0.1) is 12.2 Å². The van der Waals surface area contributed by atoms with Crippen molar-refractivity contribution in [2.24, 2.45) is 10.7 Å².